The first-order chi connectivity index (χ1) is 16.2. The summed E-state index contributed by atoms with van der Waals surface area (Å²) >= 11 is 0. The number of anilines is 2. The number of benzene rings is 2. The fourth-order valence-corrected chi connectivity index (χ4v) is 5.97. The summed E-state index contributed by atoms with van der Waals surface area (Å²) in [6.45, 7) is 4.00. The van der Waals surface area contributed by atoms with Gasteiger partial charge >= 0.3 is 0 Å². The molecular formula is C24H29N3O6S. The Labute approximate surface area is 199 Å². The first-order valence-corrected chi connectivity index (χ1v) is 12.7. The number of methoxy groups -OCH3 is 1. The number of hydrogen-bond acceptors (Lipinski definition) is 6. The molecule has 0 spiro atoms. The number of rotatable bonds is 6. The number of piperidine rings is 1. The van der Waals surface area contributed by atoms with Crippen molar-refractivity contribution < 1.29 is 27.5 Å². The highest BCUT2D eigenvalue weighted by Crippen LogP contribution is 2.36. The SMILES string of the molecule is CCC1Oc2cc(S(=O)(=O)N3CCC(C(=O)Nc4cccc(OC)c4)CC3)c(C)cc2NC1=O. The zero-order valence-electron chi connectivity index (χ0n) is 19.5. The Hall–Kier alpha value is -3.11. The minimum atomic E-state index is -3.79. The van der Waals surface area contributed by atoms with Crippen molar-refractivity contribution in [3.8, 4) is 11.5 Å². The van der Waals surface area contributed by atoms with Crippen molar-refractivity contribution >= 4 is 33.2 Å². The molecule has 0 aromatic heterocycles. The van der Waals surface area contributed by atoms with Crippen LogP contribution in [0.2, 0.25) is 0 Å². The molecular weight excluding hydrogens is 458 g/mol. The molecule has 0 saturated carbocycles. The number of sulfonamides is 1. The summed E-state index contributed by atoms with van der Waals surface area (Å²) in [6.07, 6.45) is 0.670. The molecule has 2 heterocycles. The van der Waals surface area contributed by atoms with Crippen LogP contribution < -0.4 is 20.1 Å². The summed E-state index contributed by atoms with van der Waals surface area (Å²) < 4.78 is 39.2. The lowest BCUT2D eigenvalue weighted by Gasteiger charge is -2.32. The number of ether oxygens (including phenoxy) is 2. The van der Waals surface area contributed by atoms with Crippen LogP contribution in [-0.4, -0.2) is 50.8 Å². The number of hydrogen-bond donors (Lipinski definition) is 2. The Morgan fingerprint density at radius 3 is 2.65 bits per heavy atom. The van der Waals surface area contributed by atoms with Crippen LogP contribution in [0.5, 0.6) is 11.5 Å². The van der Waals surface area contributed by atoms with Gasteiger partial charge in [-0.1, -0.05) is 13.0 Å². The molecule has 2 aromatic carbocycles. The van der Waals surface area contributed by atoms with Crippen molar-refractivity contribution in [3.63, 3.8) is 0 Å². The molecule has 9 nitrogen and oxygen atoms in total. The van der Waals surface area contributed by atoms with Gasteiger partial charge in [0.25, 0.3) is 5.91 Å². The van der Waals surface area contributed by atoms with E-state index < -0.39 is 16.1 Å². The van der Waals surface area contributed by atoms with Gasteiger partial charge in [-0.2, -0.15) is 4.31 Å². The van der Waals surface area contributed by atoms with E-state index in [0.717, 1.165) is 0 Å². The molecule has 2 amide bonds. The second-order valence-electron chi connectivity index (χ2n) is 8.52. The highest BCUT2D eigenvalue weighted by atomic mass is 32.2. The van der Waals surface area contributed by atoms with Crippen LogP contribution in [0.3, 0.4) is 0 Å². The van der Waals surface area contributed by atoms with E-state index in [4.69, 9.17) is 9.47 Å². The summed E-state index contributed by atoms with van der Waals surface area (Å²) in [6, 6.07) is 10.2. The van der Waals surface area contributed by atoms with Crippen LogP contribution in [-0.2, 0) is 19.6 Å². The molecule has 1 saturated heterocycles. The van der Waals surface area contributed by atoms with E-state index in [1.54, 1.807) is 44.4 Å². The molecule has 1 unspecified atom stereocenters. The molecule has 10 heteroatoms. The lowest BCUT2D eigenvalue weighted by Crippen LogP contribution is -2.41. The molecule has 2 aliphatic heterocycles. The van der Waals surface area contributed by atoms with Gasteiger partial charge in [0, 0.05) is 36.8 Å². The number of amides is 2. The van der Waals surface area contributed by atoms with E-state index in [1.807, 2.05) is 6.92 Å². The Kier molecular flexibility index (Phi) is 6.81. The number of fused-ring (bicyclic) bond motifs is 1. The predicted octanol–water partition coefficient (Wildman–Crippen LogP) is 3.15. The minimum absolute atomic E-state index is 0.134. The zero-order valence-corrected chi connectivity index (χ0v) is 20.3. The largest absolute Gasteiger partial charge is 0.497 e. The maximum Gasteiger partial charge on any atom is 0.265 e. The Bertz CT molecular complexity index is 1210. The van der Waals surface area contributed by atoms with E-state index in [2.05, 4.69) is 10.6 Å². The van der Waals surface area contributed by atoms with Crippen LogP contribution >= 0.6 is 0 Å². The first kappa shape index (κ1) is 24.0. The van der Waals surface area contributed by atoms with Crippen LogP contribution in [0.1, 0.15) is 31.7 Å². The normalized spacial score (nSPS) is 19.0. The van der Waals surface area contributed by atoms with Crippen LogP contribution in [0.4, 0.5) is 11.4 Å². The zero-order chi connectivity index (χ0) is 24.5. The van der Waals surface area contributed by atoms with Gasteiger partial charge in [0.05, 0.1) is 17.7 Å². The average Bonchev–Trinajstić information content (AvgIpc) is 2.83. The number of nitrogens with one attached hydrogen (secondary N) is 2. The van der Waals surface area contributed by atoms with Gasteiger partial charge in [0.2, 0.25) is 15.9 Å². The number of carbonyl (C=O) groups is 2. The van der Waals surface area contributed by atoms with Crippen LogP contribution in [0.15, 0.2) is 41.3 Å². The van der Waals surface area contributed by atoms with E-state index in [-0.39, 0.29) is 35.7 Å². The maximum absolute atomic E-state index is 13.4. The van der Waals surface area contributed by atoms with Crippen LogP contribution in [0, 0.1) is 12.8 Å². The maximum atomic E-state index is 13.4. The van der Waals surface area contributed by atoms with E-state index in [9.17, 15) is 18.0 Å². The fraction of sp³-hybridized carbons (Fsp3) is 0.417. The quantitative estimate of drug-likeness (QED) is 0.647. The predicted molar refractivity (Wildman–Crippen MR) is 128 cm³/mol. The summed E-state index contributed by atoms with van der Waals surface area (Å²) in [5.74, 6) is 0.339. The standard InChI is InChI=1S/C24H29N3O6S/c1-4-20-24(29)26-19-12-15(2)22(14-21(19)33-20)34(30,31)27-10-8-16(9-11-27)23(28)25-17-6-5-7-18(13-17)32-3/h5-7,12-14,16,20H,4,8-11H2,1-3H3,(H,25,28)(H,26,29). The third-order valence-electron chi connectivity index (χ3n) is 6.25. The third kappa shape index (κ3) is 4.74. The van der Waals surface area contributed by atoms with E-state index in [0.29, 0.717) is 47.7 Å². The molecule has 182 valence electrons. The van der Waals surface area contributed by atoms with Gasteiger partial charge in [-0.25, -0.2) is 8.42 Å². The minimum Gasteiger partial charge on any atom is -0.497 e. The van der Waals surface area contributed by atoms with Crippen molar-refractivity contribution in [3.05, 3.63) is 42.0 Å². The Balaban J connectivity index is 1.45. The number of aryl methyl sites for hydroxylation is 1. The van der Waals surface area contributed by atoms with Crippen LogP contribution in [0.25, 0.3) is 0 Å². The lowest BCUT2D eigenvalue weighted by molar-refractivity contribution is -0.123. The lowest BCUT2D eigenvalue weighted by atomic mass is 9.97. The molecule has 0 bridgehead atoms. The first-order valence-electron chi connectivity index (χ1n) is 11.3. The van der Waals surface area contributed by atoms with Gasteiger partial charge in [0.1, 0.15) is 11.5 Å². The third-order valence-corrected chi connectivity index (χ3v) is 8.29. The monoisotopic (exact) mass is 487 g/mol. The fourth-order valence-electron chi connectivity index (χ4n) is 4.27. The topological polar surface area (TPSA) is 114 Å². The average molecular weight is 488 g/mol. The van der Waals surface area contributed by atoms with E-state index in [1.165, 1.54) is 10.4 Å². The number of carbonyl (C=O) groups excluding carboxylic acids is 2. The summed E-state index contributed by atoms with van der Waals surface area (Å²) in [4.78, 5) is 24.9. The van der Waals surface area contributed by atoms with Crippen molar-refractivity contribution in [1.82, 2.24) is 4.31 Å². The molecule has 0 radical (unpaired) electrons. The highest BCUT2D eigenvalue weighted by molar-refractivity contribution is 7.89. The van der Waals surface area contributed by atoms with Gasteiger partial charge in [-0.3, -0.25) is 9.59 Å². The smallest absolute Gasteiger partial charge is 0.265 e. The summed E-state index contributed by atoms with van der Waals surface area (Å²) in [5.41, 5.74) is 1.64. The second-order valence-corrected chi connectivity index (χ2v) is 10.4. The Morgan fingerprint density at radius 1 is 1.24 bits per heavy atom. The molecule has 2 aliphatic rings. The van der Waals surface area contributed by atoms with Crippen molar-refractivity contribution in [2.75, 3.05) is 30.8 Å². The molecule has 2 aromatic rings. The molecule has 1 fully saturated rings. The molecule has 1 atom stereocenters. The van der Waals surface area contributed by atoms with E-state index >= 15 is 0 Å². The van der Waals surface area contributed by atoms with Gasteiger partial charge in [-0.15, -0.1) is 0 Å². The van der Waals surface area contributed by atoms with Crippen molar-refractivity contribution in [2.24, 2.45) is 5.92 Å². The van der Waals surface area contributed by atoms with Crippen molar-refractivity contribution in [1.29, 1.82) is 0 Å². The molecule has 2 N–H and O–H groups in total. The van der Waals surface area contributed by atoms with Gasteiger partial charge in [0.15, 0.2) is 6.10 Å². The Morgan fingerprint density at radius 2 is 1.97 bits per heavy atom. The molecule has 0 aliphatic carbocycles. The second kappa shape index (κ2) is 9.63. The van der Waals surface area contributed by atoms with Crippen molar-refractivity contribution in [2.45, 2.75) is 44.1 Å². The molecule has 4 rings (SSSR count). The molecule has 34 heavy (non-hydrogen) atoms. The number of nitrogens with zero attached hydrogens (tertiary/aromatic N) is 1. The van der Waals surface area contributed by atoms with Gasteiger partial charge in [-0.05, 0) is 49.9 Å². The summed E-state index contributed by atoms with van der Waals surface area (Å²) in [5, 5.41) is 5.67. The highest BCUT2D eigenvalue weighted by Gasteiger charge is 2.35. The van der Waals surface area contributed by atoms with Gasteiger partial charge < -0.3 is 20.1 Å². The summed E-state index contributed by atoms with van der Waals surface area (Å²) in [7, 11) is -2.23.